The second kappa shape index (κ2) is 5.41. The highest BCUT2D eigenvalue weighted by Gasteiger charge is 2.20. The molecule has 1 aromatic carbocycles. The Morgan fingerprint density at radius 3 is 3.00 bits per heavy atom. The second-order valence-electron chi connectivity index (χ2n) is 4.47. The average molecular weight is 291 g/mol. The van der Waals surface area contributed by atoms with Crippen molar-refractivity contribution in [2.45, 2.75) is 13.2 Å². The number of methoxy groups -OCH3 is 1. The lowest BCUT2D eigenvalue weighted by atomic mass is 10.2. The van der Waals surface area contributed by atoms with Gasteiger partial charge in [0.2, 0.25) is 6.79 Å². The van der Waals surface area contributed by atoms with E-state index in [0.29, 0.717) is 23.7 Å². The minimum atomic E-state index is -1.13. The van der Waals surface area contributed by atoms with Gasteiger partial charge in [0, 0.05) is 7.11 Å². The van der Waals surface area contributed by atoms with Gasteiger partial charge in [-0.1, -0.05) is 11.3 Å². The van der Waals surface area contributed by atoms with Crippen molar-refractivity contribution in [2.75, 3.05) is 13.9 Å². The van der Waals surface area contributed by atoms with E-state index in [1.165, 1.54) is 11.8 Å². The molecule has 1 aliphatic heterocycles. The number of hydrogen-bond donors (Lipinski definition) is 1. The molecule has 0 radical (unpaired) electrons. The predicted molar refractivity (Wildman–Crippen MR) is 69.4 cm³/mol. The summed E-state index contributed by atoms with van der Waals surface area (Å²) in [6.07, 6.45) is 0. The molecule has 0 unspecified atom stereocenters. The van der Waals surface area contributed by atoms with Crippen molar-refractivity contribution in [1.82, 2.24) is 15.0 Å². The number of carboxylic acid groups (broad SMARTS) is 1. The first-order valence-corrected chi connectivity index (χ1v) is 6.22. The second-order valence-corrected chi connectivity index (χ2v) is 4.47. The molecule has 1 N–H and O–H groups in total. The number of fused-ring (bicyclic) bond motifs is 1. The van der Waals surface area contributed by atoms with Crippen molar-refractivity contribution in [2.24, 2.45) is 0 Å². The van der Waals surface area contributed by atoms with Crippen molar-refractivity contribution in [3.8, 4) is 11.5 Å². The first kappa shape index (κ1) is 13.4. The first-order chi connectivity index (χ1) is 10.2. The topological polar surface area (TPSA) is 95.7 Å². The van der Waals surface area contributed by atoms with E-state index in [0.717, 1.165) is 5.56 Å². The van der Waals surface area contributed by atoms with Gasteiger partial charge < -0.3 is 19.3 Å². The molecule has 0 fully saturated rings. The Hall–Kier alpha value is -2.61. The van der Waals surface area contributed by atoms with E-state index in [9.17, 15) is 4.79 Å². The van der Waals surface area contributed by atoms with Crippen LogP contribution in [0.1, 0.15) is 21.7 Å². The summed E-state index contributed by atoms with van der Waals surface area (Å²) in [6, 6.07) is 5.51. The quantitative estimate of drug-likeness (QED) is 0.874. The third kappa shape index (κ3) is 2.52. The summed E-state index contributed by atoms with van der Waals surface area (Å²) < 4.78 is 17.1. The van der Waals surface area contributed by atoms with Crippen molar-refractivity contribution < 1.29 is 24.1 Å². The number of nitrogens with zero attached hydrogens (tertiary/aromatic N) is 3. The van der Waals surface area contributed by atoms with Gasteiger partial charge in [-0.05, 0) is 17.7 Å². The summed E-state index contributed by atoms with van der Waals surface area (Å²) in [7, 11) is 1.49. The van der Waals surface area contributed by atoms with Crippen LogP contribution >= 0.6 is 0 Å². The van der Waals surface area contributed by atoms with Gasteiger partial charge in [0.15, 0.2) is 17.2 Å². The standard InChI is InChI=1S/C13H13N3O5/c1-19-6-9-12(13(17)18)14-15-16(9)5-8-2-3-10-11(4-8)21-7-20-10/h2-4H,5-7H2,1H3,(H,17,18). The number of aromatic carboxylic acids is 1. The van der Waals surface area contributed by atoms with Crippen molar-refractivity contribution >= 4 is 5.97 Å². The predicted octanol–water partition coefficient (Wildman–Crippen LogP) is 0.900. The van der Waals surface area contributed by atoms with Crippen LogP contribution in [0.5, 0.6) is 11.5 Å². The van der Waals surface area contributed by atoms with E-state index in [2.05, 4.69) is 10.3 Å². The molecule has 0 aliphatic carbocycles. The fraction of sp³-hybridized carbons (Fsp3) is 0.308. The molecule has 8 nitrogen and oxygen atoms in total. The zero-order valence-corrected chi connectivity index (χ0v) is 11.3. The van der Waals surface area contributed by atoms with Gasteiger partial charge in [-0.2, -0.15) is 0 Å². The van der Waals surface area contributed by atoms with Gasteiger partial charge in [0.05, 0.1) is 18.8 Å². The molecule has 0 bridgehead atoms. The van der Waals surface area contributed by atoms with Crippen LogP contribution in [-0.2, 0) is 17.9 Å². The SMILES string of the molecule is COCc1c(C(=O)O)nnn1Cc1ccc2c(c1)OCO2. The third-order valence-electron chi connectivity index (χ3n) is 3.09. The minimum Gasteiger partial charge on any atom is -0.476 e. The normalized spacial score (nSPS) is 12.6. The fourth-order valence-corrected chi connectivity index (χ4v) is 2.12. The summed E-state index contributed by atoms with van der Waals surface area (Å²) >= 11 is 0. The van der Waals surface area contributed by atoms with Crippen LogP contribution in [-0.4, -0.2) is 40.0 Å². The summed E-state index contributed by atoms with van der Waals surface area (Å²) in [5, 5.41) is 16.6. The van der Waals surface area contributed by atoms with Crippen molar-refractivity contribution in [3.63, 3.8) is 0 Å². The van der Waals surface area contributed by atoms with Gasteiger partial charge in [0.1, 0.15) is 0 Å². The van der Waals surface area contributed by atoms with E-state index in [4.69, 9.17) is 19.3 Å². The molecule has 0 amide bonds. The van der Waals surface area contributed by atoms with Crippen LogP contribution in [0.2, 0.25) is 0 Å². The number of carboxylic acids is 1. The number of benzene rings is 1. The molecule has 2 heterocycles. The summed E-state index contributed by atoms with van der Waals surface area (Å²) in [6.45, 7) is 0.703. The lowest BCUT2D eigenvalue weighted by Gasteiger charge is -2.07. The van der Waals surface area contributed by atoms with Gasteiger partial charge in [-0.3, -0.25) is 0 Å². The Kier molecular flexibility index (Phi) is 3.44. The Bertz CT molecular complexity index is 682. The van der Waals surface area contributed by atoms with E-state index in [1.807, 2.05) is 18.2 Å². The van der Waals surface area contributed by atoms with E-state index in [1.54, 1.807) is 0 Å². The molecule has 21 heavy (non-hydrogen) atoms. The lowest BCUT2D eigenvalue weighted by Crippen LogP contribution is -2.10. The summed E-state index contributed by atoms with van der Waals surface area (Å²) in [4.78, 5) is 11.1. The molecule has 110 valence electrons. The lowest BCUT2D eigenvalue weighted by molar-refractivity contribution is 0.0684. The number of rotatable bonds is 5. The monoisotopic (exact) mass is 291 g/mol. The first-order valence-electron chi connectivity index (χ1n) is 6.22. The number of carbonyl (C=O) groups is 1. The molecule has 3 rings (SSSR count). The molecule has 1 aromatic heterocycles. The Balaban J connectivity index is 1.89. The molecule has 0 saturated carbocycles. The van der Waals surface area contributed by atoms with Crippen LogP contribution in [0, 0.1) is 0 Å². The zero-order valence-electron chi connectivity index (χ0n) is 11.3. The van der Waals surface area contributed by atoms with Gasteiger partial charge in [-0.25, -0.2) is 9.48 Å². The maximum atomic E-state index is 11.1. The fourth-order valence-electron chi connectivity index (χ4n) is 2.12. The van der Waals surface area contributed by atoms with Gasteiger partial charge in [0.25, 0.3) is 0 Å². The van der Waals surface area contributed by atoms with Crippen LogP contribution in [0.3, 0.4) is 0 Å². The third-order valence-corrected chi connectivity index (χ3v) is 3.09. The number of hydrogen-bond acceptors (Lipinski definition) is 6. The smallest absolute Gasteiger partial charge is 0.358 e. The highest BCUT2D eigenvalue weighted by molar-refractivity contribution is 5.86. The minimum absolute atomic E-state index is 0.0995. The maximum Gasteiger partial charge on any atom is 0.358 e. The molecule has 1 aliphatic rings. The van der Waals surface area contributed by atoms with E-state index >= 15 is 0 Å². The van der Waals surface area contributed by atoms with Crippen molar-refractivity contribution in [1.29, 1.82) is 0 Å². The van der Waals surface area contributed by atoms with Crippen LogP contribution < -0.4 is 9.47 Å². The average Bonchev–Trinajstić information content (AvgIpc) is 3.06. The van der Waals surface area contributed by atoms with Crippen molar-refractivity contribution in [3.05, 3.63) is 35.2 Å². The van der Waals surface area contributed by atoms with Gasteiger partial charge >= 0.3 is 5.97 Å². The highest BCUT2D eigenvalue weighted by Crippen LogP contribution is 2.32. The van der Waals surface area contributed by atoms with Crippen LogP contribution in [0.4, 0.5) is 0 Å². The largest absolute Gasteiger partial charge is 0.476 e. The molecule has 0 saturated heterocycles. The molecular weight excluding hydrogens is 278 g/mol. The highest BCUT2D eigenvalue weighted by atomic mass is 16.7. The Labute approximate surface area is 119 Å². The number of ether oxygens (including phenoxy) is 3. The van der Waals surface area contributed by atoms with E-state index in [-0.39, 0.29) is 19.1 Å². The summed E-state index contributed by atoms with van der Waals surface area (Å²) in [5.41, 5.74) is 1.22. The Morgan fingerprint density at radius 2 is 2.24 bits per heavy atom. The zero-order chi connectivity index (χ0) is 14.8. The molecule has 0 atom stereocenters. The Morgan fingerprint density at radius 1 is 1.43 bits per heavy atom. The molecule has 8 heteroatoms. The van der Waals surface area contributed by atoms with E-state index < -0.39 is 5.97 Å². The summed E-state index contributed by atoms with van der Waals surface area (Å²) in [5.74, 6) is 0.235. The molecule has 0 spiro atoms. The van der Waals surface area contributed by atoms with Crippen LogP contribution in [0.15, 0.2) is 18.2 Å². The number of aromatic nitrogens is 3. The maximum absolute atomic E-state index is 11.1. The van der Waals surface area contributed by atoms with Gasteiger partial charge in [-0.15, -0.1) is 5.10 Å². The molecule has 2 aromatic rings. The molecular formula is C13H13N3O5. The van der Waals surface area contributed by atoms with Crippen LogP contribution in [0.25, 0.3) is 0 Å².